The molecule has 1 aromatic carbocycles. The number of nitrogens with one attached hydrogen (secondary N) is 1. The van der Waals surface area contributed by atoms with E-state index in [2.05, 4.69) is 20.3 Å². The molecule has 104 valence electrons. The molecule has 6 heteroatoms. The number of nitrogens with zero attached hydrogens (tertiary/aromatic N) is 4. The van der Waals surface area contributed by atoms with Crippen LogP contribution < -0.4 is 5.32 Å². The van der Waals surface area contributed by atoms with Crippen LogP contribution >= 0.6 is 0 Å². The fraction of sp³-hybridized carbons (Fsp3) is 0.200. The minimum Gasteiger partial charge on any atom is -0.440 e. The largest absolute Gasteiger partial charge is 0.440 e. The third kappa shape index (κ3) is 2.67. The second kappa shape index (κ2) is 5.59. The lowest BCUT2D eigenvalue weighted by molar-refractivity contribution is 0.494. The molecule has 1 N–H and O–H groups in total. The predicted molar refractivity (Wildman–Crippen MR) is 77.7 cm³/mol. The molecule has 0 saturated carbocycles. The Bertz CT molecular complexity index is 772. The normalized spacial score (nSPS) is 12.0. The number of aromatic nitrogens is 3. The Morgan fingerprint density at radius 3 is 2.90 bits per heavy atom. The van der Waals surface area contributed by atoms with Crippen LogP contribution in [0.25, 0.3) is 11.1 Å². The standard InChI is InChI=1S/C15H13N5O/c1-10(9-19-14-12(8-16)17-6-7-18-14)15-20-11-4-2-3-5-13(11)21-15/h2-7,10H,9H2,1H3,(H,18,19)/t10-/m1/s1. The van der Waals surface area contributed by atoms with Crippen LogP contribution in [-0.2, 0) is 0 Å². The Morgan fingerprint density at radius 1 is 1.29 bits per heavy atom. The molecular weight excluding hydrogens is 266 g/mol. The van der Waals surface area contributed by atoms with E-state index in [0.717, 1.165) is 11.1 Å². The number of fused-ring (bicyclic) bond motifs is 1. The number of benzene rings is 1. The predicted octanol–water partition coefficient (Wildman–Crippen LogP) is 2.71. The van der Waals surface area contributed by atoms with Crippen LogP contribution in [0, 0.1) is 11.3 Å². The second-order valence-electron chi connectivity index (χ2n) is 4.67. The lowest BCUT2D eigenvalue weighted by Gasteiger charge is -2.09. The highest BCUT2D eigenvalue weighted by Gasteiger charge is 2.14. The molecule has 0 radical (unpaired) electrons. The average molecular weight is 279 g/mol. The van der Waals surface area contributed by atoms with Crippen molar-refractivity contribution in [3.8, 4) is 6.07 Å². The summed E-state index contributed by atoms with van der Waals surface area (Å²) in [7, 11) is 0. The van der Waals surface area contributed by atoms with Crippen molar-refractivity contribution < 1.29 is 4.42 Å². The number of hydrogen-bond donors (Lipinski definition) is 1. The number of para-hydroxylation sites is 2. The van der Waals surface area contributed by atoms with Crippen LogP contribution in [0.1, 0.15) is 24.4 Å². The van der Waals surface area contributed by atoms with E-state index in [1.54, 1.807) is 6.20 Å². The molecule has 2 aromatic heterocycles. The third-order valence-corrected chi connectivity index (χ3v) is 3.11. The number of hydrogen-bond acceptors (Lipinski definition) is 6. The van der Waals surface area contributed by atoms with Crippen LogP contribution in [-0.4, -0.2) is 21.5 Å². The van der Waals surface area contributed by atoms with Gasteiger partial charge in [0.1, 0.15) is 11.6 Å². The summed E-state index contributed by atoms with van der Waals surface area (Å²) in [6.07, 6.45) is 3.04. The van der Waals surface area contributed by atoms with Gasteiger partial charge in [-0.2, -0.15) is 5.26 Å². The average Bonchev–Trinajstić information content (AvgIpc) is 2.97. The first kappa shape index (κ1) is 13.1. The van der Waals surface area contributed by atoms with Crippen molar-refractivity contribution in [1.82, 2.24) is 15.0 Å². The zero-order valence-corrected chi connectivity index (χ0v) is 11.4. The number of anilines is 1. The van der Waals surface area contributed by atoms with Crippen LogP contribution in [0.3, 0.4) is 0 Å². The summed E-state index contributed by atoms with van der Waals surface area (Å²) in [5, 5.41) is 12.1. The molecule has 2 heterocycles. The van der Waals surface area contributed by atoms with Crippen molar-refractivity contribution in [2.24, 2.45) is 0 Å². The maximum Gasteiger partial charge on any atom is 0.200 e. The molecule has 0 fully saturated rings. The molecule has 0 aliphatic carbocycles. The van der Waals surface area contributed by atoms with Gasteiger partial charge in [0.25, 0.3) is 0 Å². The van der Waals surface area contributed by atoms with Crippen molar-refractivity contribution in [1.29, 1.82) is 5.26 Å². The van der Waals surface area contributed by atoms with Crippen LogP contribution in [0.2, 0.25) is 0 Å². The van der Waals surface area contributed by atoms with E-state index in [4.69, 9.17) is 9.68 Å². The summed E-state index contributed by atoms with van der Waals surface area (Å²) < 4.78 is 5.72. The molecular formula is C15H13N5O. The summed E-state index contributed by atoms with van der Waals surface area (Å²) >= 11 is 0. The lowest BCUT2D eigenvalue weighted by atomic mass is 10.2. The Kier molecular flexibility index (Phi) is 3.48. The highest BCUT2D eigenvalue weighted by Crippen LogP contribution is 2.21. The topological polar surface area (TPSA) is 87.6 Å². The molecule has 3 aromatic rings. The van der Waals surface area contributed by atoms with Crippen LogP contribution in [0.5, 0.6) is 0 Å². The zero-order chi connectivity index (χ0) is 14.7. The first-order chi connectivity index (χ1) is 10.3. The van der Waals surface area contributed by atoms with Crippen LogP contribution in [0.15, 0.2) is 41.1 Å². The van der Waals surface area contributed by atoms with E-state index < -0.39 is 0 Å². The quantitative estimate of drug-likeness (QED) is 0.790. The molecule has 0 aliphatic heterocycles. The summed E-state index contributed by atoms with van der Waals surface area (Å²) in [6, 6.07) is 9.65. The van der Waals surface area contributed by atoms with Gasteiger partial charge in [0.15, 0.2) is 23.0 Å². The SMILES string of the molecule is C[C@H](CNc1nccnc1C#N)c1nc2ccccc2o1. The second-order valence-corrected chi connectivity index (χ2v) is 4.67. The molecule has 0 saturated heterocycles. The number of rotatable bonds is 4. The molecule has 21 heavy (non-hydrogen) atoms. The van der Waals surface area contributed by atoms with E-state index in [1.165, 1.54) is 6.20 Å². The fourth-order valence-corrected chi connectivity index (χ4v) is 1.99. The highest BCUT2D eigenvalue weighted by molar-refractivity contribution is 5.72. The van der Waals surface area contributed by atoms with Gasteiger partial charge < -0.3 is 9.73 Å². The molecule has 0 amide bonds. The van der Waals surface area contributed by atoms with Gasteiger partial charge in [0, 0.05) is 18.9 Å². The summed E-state index contributed by atoms with van der Waals surface area (Å²) in [4.78, 5) is 12.5. The summed E-state index contributed by atoms with van der Waals surface area (Å²) in [5.41, 5.74) is 1.90. The molecule has 0 aliphatic rings. The van der Waals surface area contributed by atoms with Crippen LogP contribution in [0.4, 0.5) is 5.82 Å². The van der Waals surface area contributed by atoms with Gasteiger partial charge >= 0.3 is 0 Å². The van der Waals surface area contributed by atoms with Crippen molar-refractivity contribution in [3.05, 3.63) is 48.2 Å². The smallest absolute Gasteiger partial charge is 0.200 e. The van der Waals surface area contributed by atoms with Gasteiger partial charge in [-0.15, -0.1) is 0 Å². The maximum atomic E-state index is 8.97. The van der Waals surface area contributed by atoms with Gasteiger partial charge in [0.05, 0.1) is 5.92 Å². The van der Waals surface area contributed by atoms with Gasteiger partial charge in [-0.1, -0.05) is 19.1 Å². The maximum absolute atomic E-state index is 8.97. The molecule has 1 atom stereocenters. The van der Waals surface area contributed by atoms with E-state index in [1.807, 2.05) is 37.3 Å². The Balaban J connectivity index is 1.74. The van der Waals surface area contributed by atoms with Crippen molar-refractivity contribution in [2.45, 2.75) is 12.8 Å². The molecule has 3 rings (SSSR count). The van der Waals surface area contributed by atoms with Crippen molar-refractivity contribution >= 4 is 16.9 Å². The molecule has 0 spiro atoms. The zero-order valence-electron chi connectivity index (χ0n) is 11.4. The monoisotopic (exact) mass is 279 g/mol. The van der Waals surface area contributed by atoms with Gasteiger partial charge in [0.2, 0.25) is 0 Å². The van der Waals surface area contributed by atoms with Gasteiger partial charge in [-0.25, -0.2) is 15.0 Å². The minimum atomic E-state index is 0.0472. The fourth-order valence-electron chi connectivity index (χ4n) is 1.99. The minimum absolute atomic E-state index is 0.0472. The molecule has 0 unspecified atom stereocenters. The summed E-state index contributed by atoms with van der Waals surface area (Å²) in [6.45, 7) is 2.56. The first-order valence-corrected chi connectivity index (χ1v) is 6.58. The Labute approximate surface area is 121 Å². The Hall–Kier alpha value is -2.94. The van der Waals surface area contributed by atoms with Gasteiger partial charge in [-0.05, 0) is 12.1 Å². The molecule has 0 bridgehead atoms. The van der Waals surface area contributed by atoms with E-state index in [0.29, 0.717) is 18.3 Å². The van der Waals surface area contributed by atoms with Gasteiger partial charge in [-0.3, -0.25) is 0 Å². The summed E-state index contributed by atoms with van der Waals surface area (Å²) in [5.74, 6) is 1.18. The van der Waals surface area contributed by atoms with E-state index in [-0.39, 0.29) is 11.6 Å². The van der Waals surface area contributed by atoms with E-state index >= 15 is 0 Å². The molecule has 6 nitrogen and oxygen atoms in total. The number of oxazole rings is 1. The Morgan fingerprint density at radius 2 is 2.10 bits per heavy atom. The van der Waals surface area contributed by atoms with Crippen molar-refractivity contribution in [3.63, 3.8) is 0 Å². The lowest BCUT2D eigenvalue weighted by Crippen LogP contribution is -2.12. The van der Waals surface area contributed by atoms with Crippen molar-refractivity contribution in [2.75, 3.05) is 11.9 Å². The highest BCUT2D eigenvalue weighted by atomic mass is 16.3. The number of nitriles is 1. The third-order valence-electron chi connectivity index (χ3n) is 3.11. The van der Waals surface area contributed by atoms with E-state index in [9.17, 15) is 0 Å². The first-order valence-electron chi connectivity index (χ1n) is 6.58.